The molecule has 1 saturated carbocycles. The molecule has 1 aliphatic carbocycles. The van der Waals surface area contributed by atoms with Crippen LogP contribution in [0.15, 0.2) is 78.9 Å². The molecule has 3 aromatic rings. The molecule has 33 heavy (non-hydrogen) atoms. The fourth-order valence-electron chi connectivity index (χ4n) is 4.43. The predicted molar refractivity (Wildman–Crippen MR) is 140 cm³/mol. The summed E-state index contributed by atoms with van der Waals surface area (Å²) in [4.78, 5) is 2.05. The van der Waals surface area contributed by atoms with Gasteiger partial charge in [-0.3, -0.25) is 4.57 Å². The summed E-state index contributed by atoms with van der Waals surface area (Å²) in [6.45, 7) is 2.07. The molecule has 1 N–H and O–H groups in total. The van der Waals surface area contributed by atoms with Gasteiger partial charge < -0.3 is 14.7 Å². The van der Waals surface area contributed by atoms with E-state index >= 15 is 4.57 Å². The number of benzene rings is 3. The van der Waals surface area contributed by atoms with E-state index in [2.05, 4.69) is 41.4 Å². The predicted octanol–water partition coefficient (Wildman–Crippen LogP) is 7.12. The first-order chi connectivity index (χ1) is 16.0. The quantitative estimate of drug-likeness (QED) is 0.362. The highest BCUT2D eigenvalue weighted by Gasteiger charge is 2.40. The Morgan fingerprint density at radius 2 is 1.52 bits per heavy atom. The average Bonchev–Trinajstić information content (AvgIpc) is 2.84. The van der Waals surface area contributed by atoms with Crippen LogP contribution >= 0.6 is 7.37 Å². The van der Waals surface area contributed by atoms with Crippen molar-refractivity contribution in [2.75, 3.05) is 24.3 Å². The van der Waals surface area contributed by atoms with E-state index in [1.54, 1.807) is 0 Å². The van der Waals surface area contributed by atoms with E-state index in [1.807, 2.05) is 68.7 Å². The Morgan fingerprint density at radius 1 is 0.879 bits per heavy atom. The first-order valence-electron chi connectivity index (χ1n) is 11.9. The van der Waals surface area contributed by atoms with Crippen molar-refractivity contribution in [1.82, 2.24) is 0 Å². The van der Waals surface area contributed by atoms with Gasteiger partial charge in [0.05, 0.1) is 6.10 Å². The van der Waals surface area contributed by atoms with Gasteiger partial charge in [-0.05, 0) is 61.7 Å². The number of hydrogen-bond donors (Lipinski definition) is 1. The van der Waals surface area contributed by atoms with Crippen molar-refractivity contribution in [2.45, 2.75) is 50.9 Å². The fraction of sp³-hybridized carbons (Fsp3) is 0.357. The molecule has 1 aliphatic rings. The number of anilines is 2. The first kappa shape index (κ1) is 23.6. The van der Waals surface area contributed by atoms with Crippen LogP contribution in [0.4, 0.5) is 11.4 Å². The summed E-state index contributed by atoms with van der Waals surface area (Å²) >= 11 is 0. The normalized spacial score (nSPS) is 17.2. The summed E-state index contributed by atoms with van der Waals surface area (Å²) in [6, 6.07) is 26.3. The molecule has 0 amide bonds. The van der Waals surface area contributed by atoms with Gasteiger partial charge in [0.2, 0.25) is 0 Å². The second-order valence-electron chi connectivity index (χ2n) is 9.20. The van der Waals surface area contributed by atoms with Gasteiger partial charge >= 0.3 is 0 Å². The smallest absolute Gasteiger partial charge is 0.258 e. The van der Waals surface area contributed by atoms with Gasteiger partial charge in [-0.2, -0.15) is 0 Å². The van der Waals surface area contributed by atoms with E-state index < -0.39 is 13.2 Å². The van der Waals surface area contributed by atoms with Crippen molar-refractivity contribution in [3.05, 3.63) is 90.0 Å². The van der Waals surface area contributed by atoms with Gasteiger partial charge in [-0.25, -0.2) is 0 Å². The minimum Gasteiger partial charge on any atom is -0.378 e. The number of para-hydroxylation sites is 1. The minimum atomic E-state index is -3.33. The van der Waals surface area contributed by atoms with Gasteiger partial charge in [0, 0.05) is 30.8 Å². The van der Waals surface area contributed by atoms with Crippen LogP contribution < -0.4 is 15.5 Å². The Balaban J connectivity index is 1.80. The number of aryl methyl sites for hydroxylation is 1. The lowest BCUT2D eigenvalue weighted by molar-refractivity contribution is 0.159. The van der Waals surface area contributed by atoms with E-state index in [1.165, 1.54) is 12.0 Å². The van der Waals surface area contributed by atoms with Crippen molar-refractivity contribution in [2.24, 2.45) is 0 Å². The molecule has 4 rings (SSSR count). The Hall–Kier alpha value is -2.55. The monoisotopic (exact) mass is 462 g/mol. The molecule has 1 fully saturated rings. The topological polar surface area (TPSA) is 41.6 Å². The van der Waals surface area contributed by atoms with Crippen LogP contribution in [0.1, 0.15) is 49.0 Å². The number of hydrogen-bond acceptors (Lipinski definition) is 4. The Morgan fingerprint density at radius 3 is 2.12 bits per heavy atom. The zero-order valence-corrected chi connectivity index (χ0v) is 20.8. The highest BCUT2D eigenvalue weighted by Crippen LogP contribution is 2.60. The molecule has 3 aromatic carbocycles. The van der Waals surface area contributed by atoms with Crippen molar-refractivity contribution >= 4 is 24.0 Å². The fourth-order valence-corrected chi connectivity index (χ4v) is 7.07. The summed E-state index contributed by atoms with van der Waals surface area (Å²) in [5.41, 5.74) is 4.15. The molecular weight excluding hydrogens is 427 g/mol. The number of nitrogens with one attached hydrogen (secondary N) is 1. The van der Waals surface area contributed by atoms with Crippen molar-refractivity contribution < 1.29 is 9.09 Å². The highest BCUT2D eigenvalue weighted by atomic mass is 31.2. The van der Waals surface area contributed by atoms with E-state index in [9.17, 15) is 0 Å². The lowest BCUT2D eigenvalue weighted by atomic mass is 9.98. The maximum Gasteiger partial charge on any atom is 0.258 e. The molecule has 0 radical (unpaired) electrons. The van der Waals surface area contributed by atoms with Crippen LogP contribution in [-0.4, -0.2) is 20.2 Å². The molecule has 4 nitrogen and oxygen atoms in total. The van der Waals surface area contributed by atoms with Crippen LogP contribution in [0.2, 0.25) is 0 Å². The lowest BCUT2D eigenvalue weighted by Gasteiger charge is -2.34. The molecule has 0 aliphatic heterocycles. The Kier molecular flexibility index (Phi) is 7.57. The molecule has 2 atom stereocenters. The third-order valence-electron chi connectivity index (χ3n) is 6.39. The van der Waals surface area contributed by atoms with Gasteiger partial charge in [-0.15, -0.1) is 0 Å². The van der Waals surface area contributed by atoms with Crippen LogP contribution in [-0.2, 0) is 9.09 Å². The molecule has 2 unspecified atom stereocenters. The van der Waals surface area contributed by atoms with Crippen LogP contribution in [0, 0.1) is 6.92 Å². The van der Waals surface area contributed by atoms with Crippen LogP contribution in [0.5, 0.6) is 0 Å². The third kappa shape index (κ3) is 5.69. The Bertz CT molecular complexity index is 1060. The largest absolute Gasteiger partial charge is 0.378 e. The second-order valence-corrected chi connectivity index (χ2v) is 11.6. The van der Waals surface area contributed by atoms with Gasteiger partial charge in [-0.1, -0.05) is 67.3 Å². The second kappa shape index (κ2) is 10.6. The van der Waals surface area contributed by atoms with E-state index in [0.29, 0.717) is 0 Å². The summed E-state index contributed by atoms with van der Waals surface area (Å²) in [6.07, 6.45) is 5.43. The molecule has 0 spiro atoms. The molecule has 174 valence electrons. The first-order valence-corrected chi connectivity index (χ1v) is 13.6. The summed E-state index contributed by atoms with van der Waals surface area (Å²) < 4.78 is 21.7. The van der Waals surface area contributed by atoms with E-state index in [-0.39, 0.29) is 6.10 Å². The number of nitrogens with zero attached hydrogens (tertiary/aromatic N) is 1. The maximum atomic E-state index is 15.1. The van der Waals surface area contributed by atoms with E-state index in [0.717, 1.165) is 47.9 Å². The van der Waals surface area contributed by atoms with Gasteiger partial charge in [0.1, 0.15) is 5.78 Å². The molecular formula is C28H35N2O2P. The molecule has 5 heteroatoms. The summed E-state index contributed by atoms with van der Waals surface area (Å²) in [5.74, 6) is -0.479. The van der Waals surface area contributed by atoms with E-state index in [4.69, 9.17) is 4.52 Å². The highest BCUT2D eigenvalue weighted by molar-refractivity contribution is 7.67. The summed E-state index contributed by atoms with van der Waals surface area (Å²) in [7, 11) is 0.694. The van der Waals surface area contributed by atoms with Crippen molar-refractivity contribution in [3.63, 3.8) is 0 Å². The maximum absolute atomic E-state index is 15.1. The Labute approximate surface area is 198 Å². The SMILES string of the molecule is Cc1ccc(C(Nc2ccccc2)P(=O)(OC2CCCCC2)c2ccc(N(C)C)cc2)cc1. The standard InChI is InChI=1S/C28H35N2O2P/c1-22-14-16-23(17-15-22)28(29-24-10-6-4-7-11-24)33(31,32-26-12-8-5-9-13-26)27-20-18-25(19-21-27)30(2)3/h4,6-7,10-11,14-21,26,28-29H,5,8-9,12-13H2,1-3H3. The number of rotatable bonds is 8. The zero-order valence-electron chi connectivity index (χ0n) is 19.9. The van der Waals surface area contributed by atoms with Gasteiger partial charge in [0.15, 0.2) is 0 Å². The average molecular weight is 463 g/mol. The third-order valence-corrected chi connectivity index (χ3v) is 9.13. The van der Waals surface area contributed by atoms with Gasteiger partial charge in [0.25, 0.3) is 7.37 Å². The molecule has 0 bridgehead atoms. The van der Waals surface area contributed by atoms with Crippen LogP contribution in [0.25, 0.3) is 0 Å². The van der Waals surface area contributed by atoms with Crippen molar-refractivity contribution in [1.29, 1.82) is 0 Å². The molecule has 0 heterocycles. The molecule has 0 aromatic heterocycles. The van der Waals surface area contributed by atoms with Crippen molar-refractivity contribution in [3.8, 4) is 0 Å². The molecule has 0 saturated heterocycles. The minimum absolute atomic E-state index is 0.0173. The summed E-state index contributed by atoms with van der Waals surface area (Å²) in [5, 5.41) is 4.34. The van der Waals surface area contributed by atoms with Crippen LogP contribution in [0.3, 0.4) is 0 Å². The lowest BCUT2D eigenvalue weighted by Crippen LogP contribution is -2.25. The zero-order chi connectivity index (χ0) is 23.3.